The van der Waals surface area contributed by atoms with E-state index in [1.165, 1.54) is 0 Å². The lowest BCUT2D eigenvalue weighted by molar-refractivity contribution is 0.252. The number of benzene rings is 1. The third kappa shape index (κ3) is 4.02. The lowest BCUT2D eigenvalue weighted by Crippen LogP contribution is -2.28. The number of anilines is 1. The first-order valence-corrected chi connectivity index (χ1v) is 7.86. The van der Waals surface area contributed by atoms with Crippen LogP contribution in [0.5, 0.6) is 5.75 Å². The molecule has 0 spiro atoms. The van der Waals surface area contributed by atoms with Gasteiger partial charge in [0.2, 0.25) is 0 Å². The topological polar surface area (TPSA) is 92.5 Å². The smallest absolute Gasteiger partial charge is 0.322 e. The maximum atomic E-state index is 12.0. The molecule has 8 nitrogen and oxygen atoms in total. The van der Waals surface area contributed by atoms with Crippen molar-refractivity contribution in [2.75, 3.05) is 32.1 Å². The van der Waals surface area contributed by atoms with E-state index in [9.17, 15) is 4.79 Å². The van der Waals surface area contributed by atoms with E-state index < -0.39 is 0 Å². The summed E-state index contributed by atoms with van der Waals surface area (Å²) < 4.78 is 10.7. The molecule has 3 rings (SSSR count). The number of aromatic nitrogens is 2. The summed E-state index contributed by atoms with van der Waals surface area (Å²) in [5.41, 5.74) is 1.44. The number of nitrogens with one attached hydrogen (secondary N) is 2. The maximum Gasteiger partial charge on any atom is 0.322 e. The second-order valence-corrected chi connectivity index (χ2v) is 5.68. The van der Waals surface area contributed by atoms with Crippen LogP contribution in [0.25, 0.3) is 11.5 Å². The van der Waals surface area contributed by atoms with Crippen LogP contribution in [0.1, 0.15) is 12.7 Å². The third-order valence-corrected chi connectivity index (χ3v) is 4.02. The van der Waals surface area contributed by atoms with Crippen LogP contribution in [0, 0.1) is 0 Å². The van der Waals surface area contributed by atoms with Crippen molar-refractivity contribution in [1.82, 2.24) is 20.8 Å². The first-order chi connectivity index (χ1) is 11.6. The van der Waals surface area contributed by atoms with E-state index >= 15 is 0 Å². The monoisotopic (exact) mass is 367 g/mol. The van der Waals surface area contributed by atoms with Crippen molar-refractivity contribution in [3.63, 3.8) is 0 Å². The standard InChI is InChI=1S/C16H21N5O3.ClH/c1-10(17-2)8-14-19-15(24-20-14)11-4-5-13(23-3)12(9-11)21-7-6-18-16(21)22;/h4-5,9-10,17H,6-8H2,1-3H3,(H,18,22);1H. The molecule has 2 N–H and O–H groups in total. The van der Waals surface area contributed by atoms with Gasteiger partial charge in [-0.25, -0.2) is 4.79 Å². The Hall–Kier alpha value is -2.32. The molecule has 25 heavy (non-hydrogen) atoms. The highest BCUT2D eigenvalue weighted by Gasteiger charge is 2.25. The molecule has 2 aromatic rings. The SMILES string of the molecule is CNC(C)Cc1noc(-c2ccc(OC)c(N3CCNC3=O)c2)n1.Cl. The van der Waals surface area contributed by atoms with Crippen LogP contribution in [0.2, 0.25) is 0 Å². The molecule has 2 heterocycles. The van der Waals surface area contributed by atoms with E-state index in [1.807, 2.05) is 26.1 Å². The first-order valence-electron chi connectivity index (χ1n) is 7.86. The van der Waals surface area contributed by atoms with Gasteiger partial charge in [0, 0.05) is 31.1 Å². The van der Waals surface area contributed by atoms with Gasteiger partial charge in [-0.1, -0.05) is 5.16 Å². The van der Waals surface area contributed by atoms with Crippen LogP contribution in [0.3, 0.4) is 0 Å². The van der Waals surface area contributed by atoms with E-state index in [4.69, 9.17) is 9.26 Å². The molecule has 1 aliphatic rings. The van der Waals surface area contributed by atoms with Crippen molar-refractivity contribution in [2.45, 2.75) is 19.4 Å². The Labute approximate surface area is 152 Å². The van der Waals surface area contributed by atoms with Gasteiger partial charge in [0.15, 0.2) is 5.82 Å². The Morgan fingerprint density at radius 3 is 2.92 bits per heavy atom. The molecule has 1 fully saturated rings. The van der Waals surface area contributed by atoms with E-state index in [0.717, 1.165) is 5.56 Å². The molecule has 1 saturated heterocycles. The van der Waals surface area contributed by atoms with Crippen molar-refractivity contribution in [2.24, 2.45) is 0 Å². The maximum absolute atomic E-state index is 12.0. The molecular weight excluding hydrogens is 346 g/mol. The molecule has 1 unspecified atom stereocenters. The second kappa shape index (κ2) is 8.17. The zero-order valence-corrected chi connectivity index (χ0v) is 15.2. The van der Waals surface area contributed by atoms with Gasteiger partial charge < -0.3 is 19.9 Å². The van der Waals surface area contributed by atoms with Gasteiger partial charge in [0.05, 0.1) is 12.8 Å². The number of methoxy groups -OCH3 is 1. The molecule has 136 valence electrons. The molecule has 1 aliphatic heterocycles. The predicted octanol–water partition coefficient (Wildman–Crippen LogP) is 1.85. The fourth-order valence-electron chi connectivity index (χ4n) is 2.57. The minimum atomic E-state index is -0.139. The summed E-state index contributed by atoms with van der Waals surface area (Å²) >= 11 is 0. The summed E-state index contributed by atoms with van der Waals surface area (Å²) in [7, 11) is 3.47. The van der Waals surface area contributed by atoms with Crippen LogP contribution in [-0.2, 0) is 6.42 Å². The van der Waals surface area contributed by atoms with Crippen molar-refractivity contribution in [3.8, 4) is 17.2 Å². The molecule has 2 amide bonds. The minimum absolute atomic E-state index is 0. The van der Waals surface area contributed by atoms with Crippen LogP contribution in [-0.4, -0.2) is 49.5 Å². The molecule has 1 atom stereocenters. The molecular formula is C16H22ClN5O3. The van der Waals surface area contributed by atoms with E-state index in [2.05, 4.69) is 20.8 Å². The summed E-state index contributed by atoms with van der Waals surface area (Å²) in [6.07, 6.45) is 0.678. The van der Waals surface area contributed by atoms with Gasteiger partial charge in [0.25, 0.3) is 5.89 Å². The zero-order chi connectivity index (χ0) is 17.1. The number of ether oxygens (including phenoxy) is 1. The summed E-state index contributed by atoms with van der Waals surface area (Å²) in [6.45, 7) is 3.25. The first kappa shape index (κ1) is 19.0. The van der Waals surface area contributed by atoms with Crippen molar-refractivity contribution < 1.29 is 14.1 Å². The number of urea groups is 1. The average molecular weight is 368 g/mol. The number of carbonyl (C=O) groups is 1. The summed E-state index contributed by atoms with van der Waals surface area (Å²) in [5.74, 6) is 1.69. The zero-order valence-electron chi connectivity index (χ0n) is 14.4. The third-order valence-electron chi connectivity index (χ3n) is 4.02. The Morgan fingerprint density at radius 1 is 1.48 bits per heavy atom. The van der Waals surface area contributed by atoms with Gasteiger partial charge in [0.1, 0.15) is 5.75 Å². The number of hydrogen-bond acceptors (Lipinski definition) is 6. The van der Waals surface area contributed by atoms with E-state index in [0.29, 0.717) is 42.7 Å². The molecule has 1 aromatic carbocycles. The fraction of sp³-hybridized carbons (Fsp3) is 0.438. The largest absolute Gasteiger partial charge is 0.495 e. The summed E-state index contributed by atoms with van der Waals surface area (Å²) in [4.78, 5) is 18.0. The average Bonchev–Trinajstić information content (AvgIpc) is 3.23. The normalized spacial score (nSPS) is 14.8. The van der Waals surface area contributed by atoms with Crippen LogP contribution < -0.4 is 20.3 Å². The highest BCUT2D eigenvalue weighted by molar-refractivity contribution is 5.96. The molecule has 0 bridgehead atoms. The molecule has 0 aliphatic carbocycles. The van der Waals surface area contributed by atoms with Crippen molar-refractivity contribution in [3.05, 3.63) is 24.0 Å². The highest BCUT2D eigenvalue weighted by atomic mass is 35.5. The number of rotatable bonds is 6. The van der Waals surface area contributed by atoms with Gasteiger partial charge in [-0.15, -0.1) is 12.4 Å². The van der Waals surface area contributed by atoms with Gasteiger partial charge >= 0.3 is 6.03 Å². The number of nitrogens with zero attached hydrogens (tertiary/aromatic N) is 3. The van der Waals surface area contributed by atoms with Gasteiger partial charge in [-0.3, -0.25) is 4.90 Å². The number of hydrogen-bond donors (Lipinski definition) is 2. The Balaban J connectivity index is 0.00000225. The lowest BCUT2D eigenvalue weighted by Gasteiger charge is -2.18. The molecule has 0 radical (unpaired) electrons. The Kier molecular flexibility index (Phi) is 6.22. The number of likely N-dealkylation sites (N-methyl/N-ethyl adjacent to an activating group) is 1. The Bertz CT molecular complexity index is 736. The Morgan fingerprint density at radius 2 is 2.28 bits per heavy atom. The predicted molar refractivity (Wildman–Crippen MR) is 96.5 cm³/mol. The van der Waals surface area contributed by atoms with Crippen LogP contribution >= 0.6 is 12.4 Å². The van der Waals surface area contributed by atoms with Crippen LogP contribution in [0.4, 0.5) is 10.5 Å². The van der Waals surface area contributed by atoms with E-state index in [-0.39, 0.29) is 24.5 Å². The quantitative estimate of drug-likeness (QED) is 0.809. The summed E-state index contributed by atoms with van der Waals surface area (Å²) in [5, 5.41) is 9.94. The number of halogens is 1. The van der Waals surface area contributed by atoms with Gasteiger partial charge in [-0.05, 0) is 32.2 Å². The van der Waals surface area contributed by atoms with Crippen LogP contribution in [0.15, 0.2) is 22.7 Å². The molecule has 9 heteroatoms. The fourth-order valence-corrected chi connectivity index (χ4v) is 2.57. The van der Waals surface area contributed by atoms with Gasteiger partial charge in [-0.2, -0.15) is 4.98 Å². The number of amides is 2. The molecule has 1 aromatic heterocycles. The highest BCUT2D eigenvalue weighted by Crippen LogP contribution is 2.33. The van der Waals surface area contributed by atoms with Crippen molar-refractivity contribution in [1.29, 1.82) is 0 Å². The van der Waals surface area contributed by atoms with E-state index in [1.54, 1.807) is 18.1 Å². The second-order valence-electron chi connectivity index (χ2n) is 5.68. The van der Waals surface area contributed by atoms with Crippen molar-refractivity contribution >= 4 is 24.1 Å². The lowest BCUT2D eigenvalue weighted by atomic mass is 10.1. The summed E-state index contributed by atoms with van der Waals surface area (Å²) in [6, 6.07) is 5.60. The number of carbonyl (C=O) groups excluding carboxylic acids is 1. The molecule has 0 saturated carbocycles. The minimum Gasteiger partial charge on any atom is -0.495 e.